The molecule has 8 heteroatoms. The number of anilines is 1. The highest BCUT2D eigenvalue weighted by Gasteiger charge is 2.31. The molecule has 4 rings (SSSR count). The third-order valence-electron chi connectivity index (χ3n) is 4.21. The number of ether oxygens (including phenoxy) is 1. The zero-order valence-electron chi connectivity index (χ0n) is 13.5. The molecule has 0 saturated carbocycles. The lowest BCUT2D eigenvalue weighted by atomic mass is 10.1. The SMILES string of the molecule is O=c1nc(NC2COC2)c2ccc(C(F)(F)F)cc2n1-c1ccccc1. The quantitative estimate of drug-likeness (QED) is 0.778. The molecule has 0 spiro atoms. The Hall–Kier alpha value is -2.87. The highest BCUT2D eigenvalue weighted by Crippen LogP contribution is 2.33. The molecular weight excluding hydrogens is 347 g/mol. The number of nitrogens with zero attached hydrogens (tertiary/aromatic N) is 2. The standard InChI is InChI=1S/C18H14F3N3O2/c19-18(20,21)11-6-7-14-15(8-11)24(13-4-2-1-3-5-13)17(25)23-16(14)22-12-9-26-10-12/h1-8,12H,9-10H2,(H,22,23,25). The van der Waals surface area contributed by atoms with Crippen molar-refractivity contribution in [1.82, 2.24) is 9.55 Å². The van der Waals surface area contributed by atoms with E-state index in [0.29, 0.717) is 24.3 Å². The molecule has 0 radical (unpaired) electrons. The molecule has 0 atom stereocenters. The number of rotatable bonds is 3. The Bertz CT molecular complexity index is 1010. The highest BCUT2D eigenvalue weighted by atomic mass is 19.4. The molecule has 2 aromatic carbocycles. The molecule has 1 fully saturated rings. The first-order valence-corrected chi connectivity index (χ1v) is 7.97. The molecular formula is C18H14F3N3O2. The molecule has 1 aliphatic rings. The van der Waals surface area contributed by atoms with Gasteiger partial charge in [-0.3, -0.25) is 4.57 Å². The number of fused-ring (bicyclic) bond motifs is 1. The molecule has 0 amide bonds. The van der Waals surface area contributed by atoms with E-state index in [9.17, 15) is 18.0 Å². The van der Waals surface area contributed by atoms with Crippen LogP contribution < -0.4 is 11.0 Å². The van der Waals surface area contributed by atoms with E-state index >= 15 is 0 Å². The van der Waals surface area contributed by atoms with Crippen LogP contribution in [0, 0.1) is 0 Å². The fourth-order valence-corrected chi connectivity index (χ4v) is 2.85. The van der Waals surface area contributed by atoms with Gasteiger partial charge in [-0.15, -0.1) is 0 Å². The fourth-order valence-electron chi connectivity index (χ4n) is 2.85. The van der Waals surface area contributed by atoms with Crippen LogP contribution in [0.15, 0.2) is 53.3 Å². The van der Waals surface area contributed by atoms with E-state index in [1.165, 1.54) is 10.6 Å². The molecule has 0 unspecified atom stereocenters. The summed E-state index contributed by atoms with van der Waals surface area (Å²) in [5, 5.41) is 3.51. The van der Waals surface area contributed by atoms with Crippen molar-refractivity contribution in [2.45, 2.75) is 12.2 Å². The highest BCUT2D eigenvalue weighted by molar-refractivity contribution is 5.91. The number of para-hydroxylation sites is 1. The summed E-state index contributed by atoms with van der Waals surface area (Å²) in [4.78, 5) is 16.7. The fraction of sp³-hybridized carbons (Fsp3) is 0.222. The van der Waals surface area contributed by atoms with Gasteiger partial charge >= 0.3 is 11.9 Å². The van der Waals surface area contributed by atoms with Crippen LogP contribution in [0.2, 0.25) is 0 Å². The number of benzene rings is 2. The topological polar surface area (TPSA) is 56.1 Å². The summed E-state index contributed by atoms with van der Waals surface area (Å²) in [6.07, 6.45) is -4.51. The maximum absolute atomic E-state index is 13.2. The van der Waals surface area contributed by atoms with Crippen molar-refractivity contribution >= 4 is 16.7 Å². The molecule has 1 saturated heterocycles. The number of aromatic nitrogens is 2. The third kappa shape index (κ3) is 2.92. The Balaban J connectivity index is 1.98. The van der Waals surface area contributed by atoms with E-state index in [4.69, 9.17) is 4.74 Å². The minimum Gasteiger partial charge on any atom is -0.377 e. The van der Waals surface area contributed by atoms with E-state index in [2.05, 4.69) is 10.3 Å². The number of hydrogen-bond acceptors (Lipinski definition) is 4. The third-order valence-corrected chi connectivity index (χ3v) is 4.21. The normalized spacial score (nSPS) is 15.0. The molecule has 1 N–H and O–H groups in total. The molecule has 3 aromatic rings. The molecule has 0 bridgehead atoms. The van der Waals surface area contributed by atoms with Crippen LogP contribution in [0.25, 0.3) is 16.6 Å². The molecule has 5 nitrogen and oxygen atoms in total. The van der Waals surface area contributed by atoms with Gasteiger partial charge < -0.3 is 10.1 Å². The minimum absolute atomic E-state index is 0.0139. The summed E-state index contributed by atoms with van der Waals surface area (Å²) in [7, 11) is 0. The van der Waals surface area contributed by atoms with Crippen molar-refractivity contribution in [2.75, 3.05) is 18.5 Å². The predicted octanol–water partition coefficient (Wildman–Crippen LogP) is 3.22. The average molecular weight is 361 g/mol. The zero-order valence-corrected chi connectivity index (χ0v) is 13.5. The van der Waals surface area contributed by atoms with Crippen LogP contribution in [0.3, 0.4) is 0 Å². The number of nitrogens with one attached hydrogen (secondary N) is 1. The van der Waals surface area contributed by atoms with Crippen molar-refractivity contribution in [2.24, 2.45) is 0 Å². The number of alkyl halides is 3. The van der Waals surface area contributed by atoms with Crippen molar-refractivity contribution in [3.8, 4) is 5.69 Å². The van der Waals surface area contributed by atoms with Crippen LogP contribution >= 0.6 is 0 Å². The van der Waals surface area contributed by atoms with Crippen LogP contribution in [-0.2, 0) is 10.9 Å². The van der Waals surface area contributed by atoms with Gasteiger partial charge in [-0.2, -0.15) is 18.2 Å². The Morgan fingerprint density at radius 3 is 2.46 bits per heavy atom. The lowest BCUT2D eigenvalue weighted by Crippen LogP contribution is -2.41. The van der Waals surface area contributed by atoms with E-state index < -0.39 is 17.4 Å². The van der Waals surface area contributed by atoms with Gasteiger partial charge in [-0.1, -0.05) is 18.2 Å². The van der Waals surface area contributed by atoms with Crippen molar-refractivity contribution < 1.29 is 17.9 Å². The van der Waals surface area contributed by atoms with Gasteiger partial charge in [0.25, 0.3) is 0 Å². The van der Waals surface area contributed by atoms with E-state index in [0.717, 1.165) is 12.1 Å². The summed E-state index contributed by atoms with van der Waals surface area (Å²) in [6.45, 7) is 0.928. The maximum atomic E-state index is 13.2. The van der Waals surface area contributed by atoms with Gasteiger partial charge in [-0.05, 0) is 30.3 Å². The van der Waals surface area contributed by atoms with Gasteiger partial charge in [0.2, 0.25) is 0 Å². The van der Waals surface area contributed by atoms with Crippen LogP contribution in [0.1, 0.15) is 5.56 Å². The first kappa shape index (κ1) is 16.6. The lowest BCUT2D eigenvalue weighted by Gasteiger charge is -2.28. The van der Waals surface area contributed by atoms with Crippen molar-refractivity contribution in [3.63, 3.8) is 0 Å². The molecule has 26 heavy (non-hydrogen) atoms. The van der Waals surface area contributed by atoms with Crippen LogP contribution in [-0.4, -0.2) is 28.8 Å². The van der Waals surface area contributed by atoms with Crippen molar-refractivity contribution in [3.05, 3.63) is 64.6 Å². The molecule has 0 aliphatic carbocycles. The van der Waals surface area contributed by atoms with Crippen LogP contribution in [0.5, 0.6) is 0 Å². The number of hydrogen-bond donors (Lipinski definition) is 1. The van der Waals surface area contributed by atoms with Gasteiger partial charge in [0.1, 0.15) is 5.82 Å². The monoisotopic (exact) mass is 361 g/mol. The van der Waals surface area contributed by atoms with Crippen LogP contribution in [0.4, 0.5) is 19.0 Å². The van der Waals surface area contributed by atoms with E-state index in [1.54, 1.807) is 30.3 Å². The zero-order chi connectivity index (χ0) is 18.3. The first-order chi connectivity index (χ1) is 12.4. The molecule has 2 heterocycles. The van der Waals surface area contributed by atoms with E-state index in [-0.39, 0.29) is 17.4 Å². The average Bonchev–Trinajstić information content (AvgIpc) is 2.57. The summed E-state index contributed by atoms with van der Waals surface area (Å²) >= 11 is 0. The van der Waals surface area contributed by atoms with Gasteiger partial charge in [-0.25, -0.2) is 4.79 Å². The molecule has 134 valence electrons. The second kappa shape index (κ2) is 6.14. The van der Waals surface area contributed by atoms with Crippen molar-refractivity contribution in [1.29, 1.82) is 0 Å². The first-order valence-electron chi connectivity index (χ1n) is 7.97. The Morgan fingerprint density at radius 1 is 1.12 bits per heavy atom. The smallest absolute Gasteiger partial charge is 0.377 e. The molecule has 1 aromatic heterocycles. The molecule has 1 aliphatic heterocycles. The van der Waals surface area contributed by atoms with Gasteiger partial charge in [0.05, 0.1) is 36.0 Å². The Kier molecular flexibility index (Phi) is 3.91. The van der Waals surface area contributed by atoms with Gasteiger partial charge in [0.15, 0.2) is 0 Å². The summed E-state index contributed by atoms with van der Waals surface area (Å²) in [6, 6.07) is 11.8. The largest absolute Gasteiger partial charge is 0.416 e. The summed E-state index contributed by atoms with van der Waals surface area (Å²) in [5.41, 5.74) is -0.870. The lowest BCUT2D eigenvalue weighted by molar-refractivity contribution is -0.137. The second-order valence-electron chi connectivity index (χ2n) is 6.02. The summed E-state index contributed by atoms with van der Waals surface area (Å²) < 4.78 is 45.8. The number of halogens is 3. The summed E-state index contributed by atoms with van der Waals surface area (Å²) in [5.74, 6) is 0.263. The van der Waals surface area contributed by atoms with E-state index in [1.807, 2.05) is 0 Å². The second-order valence-corrected chi connectivity index (χ2v) is 6.02. The predicted molar refractivity (Wildman–Crippen MR) is 90.6 cm³/mol. The van der Waals surface area contributed by atoms with Gasteiger partial charge in [0, 0.05) is 5.39 Å². The Morgan fingerprint density at radius 2 is 1.85 bits per heavy atom. The minimum atomic E-state index is -4.51. The Labute approximate surface area is 146 Å². The maximum Gasteiger partial charge on any atom is 0.416 e.